The zero-order chi connectivity index (χ0) is 11.5. The van der Waals surface area contributed by atoms with Crippen LogP contribution in [0.4, 0.5) is 0 Å². The zero-order valence-corrected chi connectivity index (χ0v) is 9.73. The Kier molecular flexibility index (Phi) is 3.04. The molecule has 0 aliphatic carbocycles. The third kappa shape index (κ3) is 1.98. The Morgan fingerprint density at radius 2 is 2.00 bits per heavy atom. The molecule has 2 aromatic heterocycles. The number of nitrogens with zero attached hydrogens (tertiary/aromatic N) is 2. The predicted molar refractivity (Wildman–Crippen MR) is 65.6 cm³/mol. The highest BCUT2D eigenvalue weighted by molar-refractivity contribution is 5.74. The number of hydrogen-bond donors (Lipinski definition) is 0. The van der Waals surface area contributed by atoms with E-state index in [2.05, 4.69) is 11.9 Å². The Bertz CT molecular complexity index is 557. The van der Waals surface area contributed by atoms with Gasteiger partial charge in [-0.15, -0.1) is 0 Å². The number of aromatic nitrogens is 2. The molecule has 0 atom stereocenters. The van der Waals surface area contributed by atoms with Crippen LogP contribution in [0.3, 0.4) is 0 Å². The zero-order valence-electron chi connectivity index (χ0n) is 9.73. The number of hydrogen-bond acceptors (Lipinski definition) is 2. The fourth-order valence-corrected chi connectivity index (χ4v) is 1.79. The normalized spacial score (nSPS) is 10.9. The van der Waals surface area contributed by atoms with E-state index >= 15 is 0 Å². The maximum atomic E-state index is 11.8. The molecule has 0 saturated carbocycles. The Labute approximate surface area is 94.7 Å². The largest absolute Gasteiger partial charge is 0.293 e. The summed E-state index contributed by atoms with van der Waals surface area (Å²) >= 11 is 0. The van der Waals surface area contributed by atoms with Crippen LogP contribution < -0.4 is 5.56 Å². The van der Waals surface area contributed by atoms with E-state index in [0.29, 0.717) is 0 Å². The number of unbranched alkanes of at least 4 members (excludes halogenated alkanes) is 1. The van der Waals surface area contributed by atoms with E-state index in [4.69, 9.17) is 0 Å². The molecule has 0 amide bonds. The van der Waals surface area contributed by atoms with Crippen LogP contribution in [-0.4, -0.2) is 9.55 Å². The van der Waals surface area contributed by atoms with Crippen LogP contribution in [0.25, 0.3) is 11.0 Å². The van der Waals surface area contributed by atoms with Crippen LogP contribution in [0.2, 0.25) is 0 Å². The van der Waals surface area contributed by atoms with Crippen molar-refractivity contribution in [1.29, 1.82) is 0 Å². The highest BCUT2D eigenvalue weighted by Gasteiger charge is 2.03. The van der Waals surface area contributed by atoms with Gasteiger partial charge >= 0.3 is 0 Å². The maximum Gasteiger partial charge on any atom is 0.252 e. The highest BCUT2D eigenvalue weighted by Crippen LogP contribution is 2.10. The predicted octanol–water partition coefficient (Wildman–Crippen LogP) is 2.51. The van der Waals surface area contributed by atoms with Gasteiger partial charge < -0.3 is 0 Å². The van der Waals surface area contributed by atoms with Crippen LogP contribution in [0.1, 0.15) is 25.5 Å². The Morgan fingerprint density at radius 3 is 2.75 bits per heavy atom. The van der Waals surface area contributed by atoms with Crippen molar-refractivity contribution in [2.45, 2.75) is 33.2 Å². The number of aryl methyl sites for hydroxylation is 2. The summed E-state index contributed by atoms with van der Waals surface area (Å²) in [6.45, 7) is 4.82. The number of pyridine rings is 2. The van der Waals surface area contributed by atoms with Crippen molar-refractivity contribution in [3.8, 4) is 0 Å². The lowest BCUT2D eigenvalue weighted by atomic mass is 10.2. The Balaban J connectivity index is 2.63. The number of fused-ring (bicyclic) bond motifs is 1. The van der Waals surface area contributed by atoms with Gasteiger partial charge in [0.25, 0.3) is 5.56 Å². The quantitative estimate of drug-likeness (QED) is 0.790. The molecule has 2 heterocycles. The lowest BCUT2D eigenvalue weighted by molar-refractivity contribution is 0.627. The fourth-order valence-electron chi connectivity index (χ4n) is 1.79. The summed E-state index contributed by atoms with van der Waals surface area (Å²) in [5.41, 5.74) is 1.79. The lowest BCUT2D eigenvalue weighted by Gasteiger charge is -2.08. The molecule has 84 valence electrons. The minimum atomic E-state index is 0.0408. The lowest BCUT2D eigenvalue weighted by Crippen LogP contribution is -2.20. The minimum Gasteiger partial charge on any atom is -0.293 e. The molecular weight excluding hydrogens is 200 g/mol. The molecule has 3 heteroatoms. The van der Waals surface area contributed by atoms with Crippen LogP contribution in [0, 0.1) is 6.92 Å². The average molecular weight is 216 g/mol. The molecule has 3 nitrogen and oxygen atoms in total. The first-order valence-corrected chi connectivity index (χ1v) is 5.69. The van der Waals surface area contributed by atoms with Crippen LogP contribution >= 0.6 is 0 Å². The highest BCUT2D eigenvalue weighted by atomic mass is 16.1. The van der Waals surface area contributed by atoms with Gasteiger partial charge in [-0.05, 0) is 31.5 Å². The standard InChI is InChI=1S/C13H16N2O/c1-3-4-9-15-12(16)8-7-11-6-5-10(2)14-13(11)15/h5-8H,3-4,9H2,1-2H3. The maximum absolute atomic E-state index is 11.8. The van der Waals surface area contributed by atoms with Gasteiger partial charge in [-0.2, -0.15) is 0 Å². The summed E-state index contributed by atoms with van der Waals surface area (Å²) in [5.74, 6) is 0. The van der Waals surface area contributed by atoms with E-state index in [0.717, 1.165) is 36.1 Å². The van der Waals surface area contributed by atoms with E-state index in [9.17, 15) is 4.79 Å². The molecule has 16 heavy (non-hydrogen) atoms. The molecule has 0 unspecified atom stereocenters. The molecule has 2 aromatic rings. The first-order chi connectivity index (χ1) is 7.72. The first kappa shape index (κ1) is 10.9. The molecule has 0 bridgehead atoms. The molecule has 0 radical (unpaired) electrons. The van der Waals surface area contributed by atoms with Gasteiger partial charge in [0, 0.05) is 23.7 Å². The third-order valence-electron chi connectivity index (χ3n) is 2.71. The monoisotopic (exact) mass is 216 g/mol. The van der Waals surface area contributed by atoms with Gasteiger partial charge in [-0.25, -0.2) is 4.98 Å². The summed E-state index contributed by atoms with van der Waals surface area (Å²) in [6, 6.07) is 7.44. The second kappa shape index (κ2) is 4.47. The van der Waals surface area contributed by atoms with Crippen LogP contribution in [0.15, 0.2) is 29.1 Å². The van der Waals surface area contributed by atoms with Crippen molar-refractivity contribution in [2.24, 2.45) is 0 Å². The number of rotatable bonds is 3. The van der Waals surface area contributed by atoms with Crippen LogP contribution in [-0.2, 0) is 6.54 Å². The summed E-state index contributed by atoms with van der Waals surface area (Å²) in [6.07, 6.45) is 2.09. The molecule has 0 N–H and O–H groups in total. The molecule has 0 saturated heterocycles. The fraction of sp³-hybridized carbons (Fsp3) is 0.385. The molecule has 0 aromatic carbocycles. The second-order valence-electron chi connectivity index (χ2n) is 4.04. The van der Waals surface area contributed by atoms with Gasteiger partial charge in [-0.1, -0.05) is 13.3 Å². The van der Waals surface area contributed by atoms with Crippen molar-refractivity contribution in [3.63, 3.8) is 0 Å². The first-order valence-electron chi connectivity index (χ1n) is 5.69. The Hall–Kier alpha value is -1.64. The molecule has 0 fully saturated rings. The molecular formula is C13H16N2O. The third-order valence-corrected chi connectivity index (χ3v) is 2.71. The molecule has 0 aliphatic rings. The van der Waals surface area contributed by atoms with E-state index in [1.165, 1.54) is 0 Å². The van der Waals surface area contributed by atoms with E-state index in [1.54, 1.807) is 10.6 Å². The van der Waals surface area contributed by atoms with Crippen molar-refractivity contribution in [3.05, 3.63) is 40.3 Å². The smallest absolute Gasteiger partial charge is 0.252 e. The summed E-state index contributed by atoms with van der Waals surface area (Å²) in [4.78, 5) is 16.2. The van der Waals surface area contributed by atoms with Crippen molar-refractivity contribution >= 4 is 11.0 Å². The SMILES string of the molecule is CCCCn1c(=O)ccc2ccc(C)nc21. The molecule has 0 spiro atoms. The van der Waals surface area contributed by atoms with Crippen molar-refractivity contribution in [1.82, 2.24) is 9.55 Å². The summed E-state index contributed by atoms with van der Waals surface area (Å²) < 4.78 is 1.77. The van der Waals surface area contributed by atoms with Crippen molar-refractivity contribution < 1.29 is 0 Å². The topological polar surface area (TPSA) is 34.9 Å². The van der Waals surface area contributed by atoms with Crippen molar-refractivity contribution in [2.75, 3.05) is 0 Å². The van der Waals surface area contributed by atoms with Gasteiger partial charge in [-0.3, -0.25) is 9.36 Å². The molecule has 2 rings (SSSR count). The van der Waals surface area contributed by atoms with Crippen LogP contribution in [0.5, 0.6) is 0 Å². The van der Waals surface area contributed by atoms with Gasteiger partial charge in [0.1, 0.15) is 5.65 Å². The van der Waals surface area contributed by atoms with E-state index in [-0.39, 0.29) is 5.56 Å². The average Bonchev–Trinajstić information content (AvgIpc) is 2.28. The van der Waals surface area contributed by atoms with Gasteiger partial charge in [0.2, 0.25) is 0 Å². The summed E-state index contributed by atoms with van der Waals surface area (Å²) in [7, 11) is 0. The van der Waals surface area contributed by atoms with E-state index in [1.807, 2.05) is 25.1 Å². The minimum absolute atomic E-state index is 0.0408. The second-order valence-corrected chi connectivity index (χ2v) is 4.04. The Morgan fingerprint density at radius 1 is 1.25 bits per heavy atom. The van der Waals surface area contributed by atoms with Gasteiger partial charge in [0.05, 0.1) is 0 Å². The molecule has 0 aliphatic heterocycles. The summed E-state index contributed by atoms with van der Waals surface area (Å²) in [5, 5.41) is 1.03. The van der Waals surface area contributed by atoms with E-state index < -0.39 is 0 Å². The van der Waals surface area contributed by atoms with Gasteiger partial charge in [0.15, 0.2) is 0 Å².